The zero-order valence-corrected chi connectivity index (χ0v) is 10.5. The van der Waals surface area contributed by atoms with Crippen LogP contribution in [0.15, 0.2) is 30.3 Å². The van der Waals surface area contributed by atoms with Crippen LogP contribution in [0, 0.1) is 5.82 Å². The van der Waals surface area contributed by atoms with E-state index in [0.29, 0.717) is 17.9 Å². The second-order valence-corrected chi connectivity index (χ2v) is 3.90. The Labute approximate surface area is 109 Å². The maximum absolute atomic E-state index is 13.6. The highest BCUT2D eigenvalue weighted by atomic mass is 19.1. The Bertz CT molecular complexity index is 595. The predicted octanol–water partition coefficient (Wildman–Crippen LogP) is 1.83. The van der Waals surface area contributed by atoms with Gasteiger partial charge in [-0.3, -0.25) is 4.79 Å². The predicted molar refractivity (Wildman–Crippen MR) is 68.7 cm³/mol. The number of nitrogens with zero attached hydrogens (tertiary/aromatic N) is 2. The van der Waals surface area contributed by atoms with E-state index in [1.165, 1.54) is 16.8 Å². The first kappa shape index (κ1) is 13.1. The van der Waals surface area contributed by atoms with Crippen molar-refractivity contribution in [3.05, 3.63) is 36.1 Å². The third-order valence-corrected chi connectivity index (χ3v) is 2.55. The first-order chi connectivity index (χ1) is 9.11. The molecule has 2 aromatic rings. The molecule has 2 rings (SSSR count). The van der Waals surface area contributed by atoms with Gasteiger partial charge in [0.2, 0.25) is 0 Å². The average molecular weight is 263 g/mol. The van der Waals surface area contributed by atoms with Crippen LogP contribution in [-0.2, 0) is 16.1 Å². The van der Waals surface area contributed by atoms with Crippen LogP contribution in [-0.4, -0.2) is 22.4 Å². The summed E-state index contributed by atoms with van der Waals surface area (Å²) >= 11 is 0. The SMILES string of the molecule is CCOC(=O)Cn1nc(-c2ccccc2F)cc1N. The summed E-state index contributed by atoms with van der Waals surface area (Å²) in [6.45, 7) is 1.92. The van der Waals surface area contributed by atoms with Crippen molar-refractivity contribution >= 4 is 11.8 Å². The number of benzene rings is 1. The molecule has 1 aromatic heterocycles. The highest BCUT2D eigenvalue weighted by Gasteiger charge is 2.13. The van der Waals surface area contributed by atoms with Gasteiger partial charge in [0.05, 0.1) is 12.3 Å². The Morgan fingerprint density at radius 2 is 2.21 bits per heavy atom. The number of carbonyl (C=O) groups is 1. The maximum atomic E-state index is 13.6. The summed E-state index contributed by atoms with van der Waals surface area (Å²) in [6.07, 6.45) is 0. The van der Waals surface area contributed by atoms with E-state index < -0.39 is 5.97 Å². The van der Waals surface area contributed by atoms with Crippen LogP contribution in [0.4, 0.5) is 10.2 Å². The number of nitrogens with two attached hydrogens (primary N) is 1. The molecule has 5 nitrogen and oxygen atoms in total. The summed E-state index contributed by atoms with van der Waals surface area (Å²) in [7, 11) is 0. The van der Waals surface area contributed by atoms with Gasteiger partial charge in [0.1, 0.15) is 18.2 Å². The van der Waals surface area contributed by atoms with Gasteiger partial charge in [-0.05, 0) is 19.1 Å². The number of hydrogen-bond donors (Lipinski definition) is 1. The van der Waals surface area contributed by atoms with Gasteiger partial charge in [0, 0.05) is 11.6 Å². The third kappa shape index (κ3) is 2.90. The number of aromatic nitrogens is 2. The first-order valence-electron chi connectivity index (χ1n) is 5.85. The van der Waals surface area contributed by atoms with Gasteiger partial charge < -0.3 is 10.5 Å². The number of carbonyl (C=O) groups excluding carboxylic acids is 1. The second kappa shape index (κ2) is 5.51. The third-order valence-electron chi connectivity index (χ3n) is 2.55. The standard InChI is InChI=1S/C13H14FN3O2/c1-2-19-13(18)8-17-12(15)7-11(16-17)9-5-3-4-6-10(9)14/h3-7H,2,8,15H2,1H3. The van der Waals surface area contributed by atoms with Crippen LogP contribution in [0.3, 0.4) is 0 Å². The largest absolute Gasteiger partial charge is 0.465 e. The van der Waals surface area contributed by atoms with Crippen LogP contribution < -0.4 is 5.73 Å². The zero-order chi connectivity index (χ0) is 13.8. The second-order valence-electron chi connectivity index (χ2n) is 3.90. The molecule has 100 valence electrons. The van der Waals surface area contributed by atoms with E-state index in [1.54, 1.807) is 25.1 Å². The van der Waals surface area contributed by atoms with Gasteiger partial charge in [-0.25, -0.2) is 9.07 Å². The summed E-state index contributed by atoms with van der Waals surface area (Å²) in [5.74, 6) is -0.535. The smallest absolute Gasteiger partial charge is 0.327 e. The molecule has 0 aliphatic rings. The lowest BCUT2D eigenvalue weighted by molar-refractivity contribution is -0.143. The number of rotatable bonds is 4. The fraction of sp³-hybridized carbons (Fsp3) is 0.231. The van der Waals surface area contributed by atoms with Crippen molar-refractivity contribution in [1.29, 1.82) is 0 Å². The number of anilines is 1. The summed E-state index contributed by atoms with van der Waals surface area (Å²) in [5.41, 5.74) is 6.48. The summed E-state index contributed by atoms with van der Waals surface area (Å²) in [5, 5.41) is 4.11. The lowest BCUT2D eigenvalue weighted by atomic mass is 10.1. The molecule has 2 N–H and O–H groups in total. The van der Waals surface area contributed by atoms with Gasteiger partial charge in [-0.2, -0.15) is 5.10 Å². The minimum Gasteiger partial charge on any atom is -0.465 e. The molecule has 0 aliphatic heterocycles. The molecule has 0 atom stereocenters. The van der Waals surface area contributed by atoms with Crippen LogP contribution in [0.2, 0.25) is 0 Å². The molecule has 19 heavy (non-hydrogen) atoms. The van der Waals surface area contributed by atoms with E-state index in [4.69, 9.17) is 10.5 Å². The number of ether oxygens (including phenoxy) is 1. The molecule has 0 saturated carbocycles. The zero-order valence-electron chi connectivity index (χ0n) is 10.5. The molecule has 0 fully saturated rings. The normalized spacial score (nSPS) is 10.4. The van der Waals surface area contributed by atoms with Crippen molar-refractivity contribution in [1.82, 2.24) is 9.78 Å². The van der Waals surface area contributed by atoms with Crippen molar-refractivity contribution in [2.45, 2.75) is 13.5 Å². The van der Waals surface area contributed by atoms with Gasteiger partial charge in [0.15, 0.2) is 0 Å². The number of nitrogen functional groups attached to an aromatic ring is 1. The number of halogens is 1. The van der Waals surface area contributed by atoms with E-state index in [-0.39, 0.29) is 18.2 Å². The Balaban J connectivity index is 2.26. The molecule has 0 aliphatic carbocycles. The topological polar surface area (TPSA) is 70.1 Å². The molecule has 0 radical (unpaired) electrons. The van der Waals surface area contributed by atoms with Crippen LogP contribution >= 0.6 is 0 Å². The van der Waals surface area contributed by atoms with E-state index >= 15 is 0 Å². The fourth-order valence-electron chi connectivity index (χ4n) is 1.69. The Morgan fingerprint density at radius 3 is 2.89 bits per heavy atom. The molecule has 0 saturated heterocycles. The summed E-state index contributed by atoms with van der Waals surface area (Å²) < 4.78 is 19.7. The monoisotopic (exact) mass is 263 g/mol. The minimum atomic E-state index is -0.433. The highest BCUT2D eigenvalue weighted by Crippen LogP contribution is 2.23. The quantitative estimate of drug-likeness (QED) is 0.854. The van der Waals surface area contributed by atoms with Gasteiger partial charge >= 0.3 is 5.97 Å². The summed E-state index contributed by atoms with van der Waals surface area (Å²) in [6, 6.07) is 7.77. The molecule has 0 bridgehead atoms. The number of hydrogen-bond acceptors (Lipinski definition) is 4. The van der Waals surface area contributed by atoms with E-state index in [9.17, 15) is 9.18 Å². The Kier molecular flexibility index (Phi) is 3.79. The maximum Gasteiger partial charge on any atom is 0.327 e. The van der Waals surface area contributed by atoms with Crippen molar-refractivity contribution in [2.75, 3.05) is 12.3 Å². The van der Waals surface area contributed by atoms with E-state index in [2.05, 4.69) is 5.10 Å². The van der Waals surface area contributed by atoms with E-state index in [0.717, 1.165) is 0 Å². The van der Waals surface area contributed by atoms with Crippen LogP contribution in [0.5, 0.6) is 0 Å². The Morgan fingerprint density at radius 1 is 1.47 bits per heavy atom. The van der Waals surface area contributed by atoms with Gasteiger partial charge in [-0.15, -0.1) is 0 Å². The minimum absolute atomic E-state index is 0.0892. The molecule has 6 heteroatoms. The lowest BCUT2D eigenvalue weighted by Crippen LogP contribution is -2.16. The molecule has 0 amide bonds. The molecular weight excluding hydrogens is 249 g/mol. The molecule has 0 unspecified atom stereocenters. The van der Waals surface area contributed by atoms with Crippen molar-refractivity contribution in [3.8, 4) is 11.3 Å². The average Bonchev–Trinajstić information content (AvgIpc) is 2.71. The van der Waals surface area contributed by atoms with Gasteiger partial charge in [0.25, 0.3) is 0 Å². The fourth-order valence-corrected chi connectivity index (χ4v) is 1.69. The molecular formula is C13H14FN3O2. The van der Waals surface area contributed by atoms with Crippen LogP contribution in [0.25, 0.3) is 11.3 Å². The molecule has 1 aromatic carbocycles. The Hall–Kier alpha value is -2.37. The lowest BCUT2D eigenvalue weighted by Gasteiger charge is -2.03. The highest BCUT2D eigenvalue weighted by molar-refractivity contribution is 5.70. The molecule has 1 heterocycles. The van der Waals surface area contributed by atoms with Gasteiger partial charge in [-0.1, -0.05) is 12.1 Å². The molecule has 0 spiro atoms. The number of esters is 1. The first-order valence-corrected chi connectivity index (χ1v) is 5.85. The van der Waals surface area contributed by atoms with E-state index in [1.807, 2.05) is 0 Å². The van der Waals surface area contributed by atoms with Crippen molar-refractivity contribution < 1.29 is 13.9 Å². The van der Waals surface area contributed by atoms with Crippen molar-refractivity contribution in [3.63, 3.8) is 0 Å². The van der Waals surface area contributed by atoms with Crippen molar-refractivity contribution in [2.24, 2.45) is 0 Å². The van der Waals surface area contributed by atoms with Crippen LogP contribution in [0.1, 0.15) is 6.92 Å². The summed E-state index contributed by atoms with van der Waals surface area (Å²) in [4.78, 5) is 11.4.